The molecule has 1 amide bonds. The van der Waals surface area contributed by atoms with Crippen molar-refractivity contribution in [2.24, 2.45) is 5.73 Å². The molecule has 0 spiro atoms. The van der Waals surface area contributed by atoms with Gasteiger partial charge in [0.1, 0.15) is 11.1 Å². The highest BCUT2D eigenvalue weighted by atomic mass is 19.4. The van der Waals surface area contributed by atoms with Crippen LogP contribution in [0.3, 0.4) is 0 Å². The lowest BCUT2D eigenvalue weighted by Gasteiger charge is -2.14. The number of benzene rings is 1. The monoisotopic (exact) mass is 421 g/mol. The van der Waals surface area contributed by atoms with Gasteiger partial charge >= 0.3 is 6.18 Å². The zero-order valence-electron chi connectivity index (χ0n) is 16.1. The fourth-order valence-corrected chi connectivity index (χ4v) is 3.16. The minimum atomic E-state index is -4.69. The molecule has 158 valence electrons. The van der Waals surface area contributed by atoms with Gasteiger partial charge in [-0.1, -0.05) is 30.3 Å². The maximum atomic E-state index is 13.1. The molecule has 0 saturated carbocycles. The summed E-state index contributed by atoms with van der Waals surface area (Å²) in [7, 11) is 0. The van der Waals surface area contributed by atoms with Gasteiger partial charge in [-0.3, -0.25) is 14.4 Å². The van der Waals surface area contributed by atoms with Crippen molar-refractivity contribution in [3.8, 4) is 5.75 Å². The first-order valence-corrected chi connectivity index (χ1v) is 8.84. The number of aryl methyl sites for hydroxylation is 1. The number of nitrogens with one attached hydrogen (secondary N) is 1. The molecule has 0 fully saturated rings. The summed E-state index contributed by atoms with van der Waals surface area (Å²) >= 11 is 0. The van der Waals surface area contributed by atoms with Gasteiger partial charge < -0.3 is 20.0 Å². The van der Waals surface area contributed by atoms with Crippen LogP contribution in [0.1, 0.15) is 32.1 Å². The van der Waals surface area contributed by atoms with Crippen LogP contribution in [0, 0.1) is 13.8 Å². The molecular formula is C20H18F3N3O4. The Labute approximate surface area is 168 Å². The summed E-state index contributed by atoms with van der Waals surface area (Å²) < 4.78 is 44.0. The van der Waals surface area contributed by atoms with E-state index in [-0.39, 0.29) is 23.2 Å². The number of nitrogens with zero attached hydrogens (tertiary/aromatic N) is 1. The van der Waals surface area contributed by atoms with Crippen LogP contribution in [-0.2, 0) is 6.54 Å². The summed E-state index contributed by atoms with van der Waals surface area (Å²) in [5, 5.41) is -0.267. The second-order valence-electron chi connectivity index (χ2n) is 6.74. The second kappa shape index (κ2) is 7.69. The van der Waals surface area contributed by atoms with Gasteiger partial charge in [-0.05, 0) is 19.4 Å². The molecule has 10 heteroatoms. The highest BCUT2D eigenvalue weighted by molar-refractivity contribution is 6.03. The molecule has 7 nitrogen and oxygen atoms in total. The van der Waals surface area contributed by atoms with E-state index in [0.717, 1.165) is 4.57 Å². The van der Waals surface area contributed by atoms with Crippen LogP contribution in [0.4, 0.5) is 13.2 Å². The molecule has 3 N–H and O–H groups in total. The molecule has 0 aliphatic rings. The van der Waals surface area contributed by atoms with Gasteiger partial charge in [-0.15, -0.1) is 0 Å². The Morgan fingerprint density at radius 3 is 2.37 bits per heavy atom. The van der Waals surface area contributed by atoms with E-state index in [2.05, 4.69) is 4.98 Å². The van der Waals surface area contributed by atoms with Crippen LogP contribution in [0.15, 0.2) is 35.1 Å². The smallest absolute Gasteiger partial charge is 0.422 e. The van der Waals surface area contributed by atoms with Crippen molar-refractivity contribution in [2.75, 3.05) is 6.61 Å². The number of Topliss-reactive ketones (excluding diaryl/α,β-unsaturated/α-hetero) is 1. The Hall–Kier alpha value is -3.56. The summed E-state index contributed by atoms with van der Waals surface area (Å²) in [6, 6.07) is 8.26. The van der Waals surface area contributed by atoms with Gasteiger partial charge in [0, 0.05) is 11.3 Å². The number of carbonyl (C=O) groups excluding carboxylic acids is 2. The number of amides is 1. The first-order chi connectivity index (χ1) is 14.0. The first-order valence-electron chi connectivity index (χ1n) is 8.84. The largest absolute Gasteiger partial charge is 0.481 e. The molecule has 0 saturated heterocycles. The van der Waals surface area contributed by atoms with Crippen molar-refractivity contribution < 1.29 is 27.5 Å². The highest BCUT2D eigenvalue weighted by Crippen LogP contribution is 2.32. The van der Waals surface area contributed by atoms with Gasteiger partial charge in [0.05, 0.1) is 12.1 Å². The van der Waals surface area contributed by atoms with E-state index >= 15 is 0 Å². The summed E-state index contributed by atoms with van der Waals surface area (Å²) in [5.74, 6) is -2.02. The number of halogens is 3. The van der Waals surface area contributed by atoms with Crippen LogP contribution in [0.25, 0.3) is 10.9 Å². The standard InChI is InChI=1S/C20H18F3N3O4/c1-10-11(2)26(8-13(27)12-6-4-3-5-7-12)19(29)14-15(10)25-16(18(24)28)17(14)30-9-20(21,22)23/h3-7,25H,8-9H2,1-2H3,(H2,24,28). The number of hydrogen-bond donors (Lipinski definition) is 2. The third kappa shape index (κ3) is 3.93. The Morgan fingerprint density at radius 2 is 1.80 bits per heavy atom. The Kier molecular flexibility index (Phi) is 5.43. The van der Waals surface area contributed by atoms with Crippen LogP contribution in [0.5, 0.6) is 5.75 Å². The average Bonchev–Trinajstić information content (AvgIpc) is 3.08. The molecule has 1 aromatic carbocycles. The van der Waals surface area contributed by atoms with E-state index in [1.807, 2.05) is 0 Å². The number of pyridine rings is 1. The average molecular weight is 421 g/mol. The number of alkyl halides is 3. The van der Waals surface area contributed by atoms with Crippen LogP contribution in [-0.4, -0.2) is 34.0 Å². The second-order valence-corrected chi connectivity index (χ2v) is 6.74. The quantitative estimate of drug-likeness (QED) is 0.597. The number of nitrogens with two attached hydrogens (primary N) is 1. The zero-order chi connectivity index (χ0) is 22.2. The fraction of sp³-hybridized carbons (Fsp3) is 0.250. The number of ketones is 1. The number of primary amides is 1. The molecule has 30 heavy (non-hydrogen) atoms. The third-order valence-corrected chi connectivity index (χ3v) is 4.76. The molecule has 0 unspecified atom stereocenters. The van der Waals surface area contributed by atoms with E-state index in [4.69, 9.17) is 10.5 Å². The highest BCUT2D eigenvalue weighted by Gasteiger charge is 2.31. The van der Waals surface area contributed by atoms with E-state index in [1.165, 1.54) is 0 Å². The number of H-pyrrole nitrogens is 1. The van der Waals surface area contributed by atoms with Crippen molar-refractivity contribution in [1.29, 1.82) is 0 Å². The number of aromatic amines is 1. The number of fused-ring (bicyclic) bond motifs is 1. The lowest BCUT2D eigenvalue weighted by Crippen LogP contribution is -2.28. The lowest BCUT2D eigenvalue weighted by molar-refractivity contribution is -0.153. The molecule has 0 atom stereocenters. The fourth-order valence-electron chi connectivity index (χ4n) is 3.16. The molecule has 2 heterocycles. The minimum Gasteiger partial charge on any atom is -0.481 e. The van der Waals surface area contributed by atoms with Gasteiger partial charge in [0.15, 0.2) is 18.1 Å². The van der Waals surface area contributed by atoms with Crippen LogP contribution < -0.4 is 16.0 Å². The molecular weight excluding hydrogens is 403 g/mol. The molecule has 0 aliphatic heterocycles. The first kappa shape index (κ1) is 21.2. The number of aromatic nitrogens is 2. The third-order valence-electron chi connectivity index (χ3n) is 4.76. The maximum Gasteiger partial charge on any atom is 0.422 e. The summed E-state index contributed by atoms with van der Waals surface area (Å²) in [5.41, 5.74) is 5.44. The minimum absolute atomic E-state index is 0.131. The predicted molar refractivity (Wildman–Crippen MR) is 103 cm³/mol. The van der Waals surface area contributed by atoms with Crippen molar-refractivity contribution >= 4 is 22.6 Å². The molecule has 3 aromatic rings. The molecule has 2 aromatic heterocycles. The summed E-state index contributed by atoms with van der Waals surface area (Å²) in [6.45, 7) is 1.15. The normalized spacial score (nSPS) is 11.6. The van der Waals surface area contributed by atoms with Crippen LogP contribution in [0.2, 0.25) is 0 Å². The Balaban J connectivity index is 2.19. The number of rotatable bonds is 6. The molecule has 0 aliphatic carbocycles. The van der Waals surface area contributed by atoms with E-state index in [0.29, 0.717) is 16.8 Å². The van der Waals surface area contributed by atoms with Gasteiger partial charge in [-0.25, -0.2) is 0 Å². The van der Waals surface area contributed by atoms with Crippen LogP contribution >= 0.6 is 0 Å². The number of ether oxygens (including phenoxy) is 1. The Bertz CT molecular complexity index is 1190. The van der Waals surface area contributed by atoms with E-state index < -0.39 is 35.7 Å². The predicted octanol–water partition coefficient (Wildman–Crippen LogP) is 2.87. The van der Waals surface area contributed by atoms with Gasteiger partial charge in [0.25, 0.3) is 11.5 Å². The zero-order valence-corrected chi connectivity index (χ0v) is 16.1. The lowest BCUT2D eigenvalue weighted by atomic mass is 10.1. The Morgan fingerprint density at radius 1 is 1.17 bits per heavy atom. The van der Waals surface area contributed by atoms with Gasteiger partial charge in [0.2, 0.25) is 0 Å². The van der Waals surface area contributed by atoms with E-state index in [1.54, 1.807) is 44.2 Å². The number of carbonyl (C=O) groups is 2. The van der Waals surface area contributed by atoms with E-state index in [9.17, 15) is 27.6 Å². The topological polar surface area (TPSA) is 107 Å². The SMILES string of the molecule is Cc1c(C)n(CC(=O)c2ccccc2)c(=O)c2c(OCC(F)(F)F)c(C(N)=O)[nH]c12. The van der Waals surface area contributed by atoms with Gasteiger partial charge in [-0.2, -0.15) is 13.2 Å². The summed E-state index contributed by atoms with van der Waals surface area (Å²) in [4.78, 5) is 40.1. The van der Waals surface area contributed by atoms with Crippen molar-refractivity contribution in [3.05, 3.63) is 63.2 Å². The molecule has 0 bridgehead atoms. The number of hydrogen-bond acceptors (Lipinski definition) is 4. The van der Waals surface area contributed by atoms with Crippen molar-refractivity contribution in [2.45, 2.75) is 26.6 Å². The molecule has 0 radical (unpaired) electrons. The van der Waals surface area contributed by atoms with Crippen molar-refractivity contribution in [3.63, 3.8) is 0 Å². The maximum absolute atomic E-state index is 13.1. The molecule has 3 rings (SSSR count). The summed E-state index contributed by atoms with van der Waals surface area (Å²) in [6.07, 6.45) is -4.69. The van der Waals surface area contributed by atoms with Crippen molar-refractivity contribution in [1.82, 2.24) is 9.55 Å².